The summed E-state index contributed by atoms with van der Waals surface area (Å²) in [5.74, 6) is 0. The molecule has 0 aromatic carbocycles. The summed E-state index contributed by atoms with van der Waals surface area (Å²) < 4.78 is 5.22. The molecule has 1 amide bonds. The molecule has 2 rings (SSSR count). The van der Waals surface area contributed by atoms with Crippen molar-refractivity contribution in [3.8, 4) is 0 Å². The summed E-state index contributed by atoms with van der Waals surface area (Å²) in [7, 11) is 0. The van der Waals surface area contributed by atoms with Gasteiger partial charge in [-0.3, -0.25) is 0 Å². The van der Waals surface area contributed by atoms with Crippen LogP contribution in [0.15, 0.2) is 12.3 Å². The van der Waals surface area contributed by atoms with Crippen molar-refractivity contribution in [2.24, 2.45) is 0 Å². The average molecular weight is 299 g/mol. The van der Waals surface area contributed by atoms with Crippen LogP contribution in [0.25, 0.3) is 0 Å². The highest BCUT2D eigenvalue weighted by Crippen LogP contribution is 2.31. The first-order chi connectivity index (χ1) is 9.26. The van der Waals surface area contributed by atoms with Gasteiger partial charge in [0.2, 0.25) is 0 Å². The number of hydrogen-bond donors (Lipinski definition) is 2. The zero-order valence-corrected chi connectivity index (χ0v) is 12.6. The molecule has 0 radical (unpaired) electrons. The molecular weight excluding hydrogens is 280 g/mol. The fraction of sp³-hybridized carbons (Fsp3) is 0.571. The molecule has 1 aliphatic rings. The quantitative estimate of drug-likeness (QED) is 0.782. The number of nitrogens with one attached hydrogen (secondary N) is 1. The van der Waals surface area contributed by atoms with Gasteiger partial charge in [-0.15, -0.1) is 0 Å². The lowest BCUT2D eigenvalue weighted by Crippen LogP contribution is -2.41. The van der Waals surface area contributed by atoms with Crippen LogP contribution in [-0.4, -0.2) is 27.9 Å². The Balaban J connectivity index is 2.17. The minimum absolute atomic E-state index is 0.413. The van der Waals surface area contributed by atoms with Crippen molar-refractivity contribution in [1.82, 2.24) is 10.3 Å². The number of amides is 1. The first-order valence-corrected chi connectivity index (χ1v) is 6.96. The van der Waals surface area contributed by atoms with E-state index in [0.717, 1.165) is 11.1 Å². The fourth-order valence-electron chi connectivity index (χ4n) is 2.26. The highest BCUT2D eigenvalue weighted by atomic mass is 35.5. The van der Waals surface area contributed by atoms with Crippen LogP contribution < -0.4 is 5.32 Å². The lowest BCUT2D eigenvalue weighted by molar-refractivity contribution is 0.0399. The van der Waals surface area contributed by atoms with Gasteiger partial charge in [-0.1, -0.05) is 11.6 Å². The van der Waals surface area contributed by atoms with Gasteiger partial charge in [0.1, 0.15) is 10.8 Å². The number of carbonyl (C=O) groups is 1. The minimum atomic E-state index is -0.655. The molecule has 0 aliphatic heterocycles. The molecule has 1 aromatic heterocycles. The summed E-state index contributed by atoms with van der Waals surface area (Å²) in [6, 6.07) is 1.25. The number of halogens is 1. The number of nitrogens with zero attached hydrogens (tertiary/aromatic N) is 1. The number of rotatable bonds is 1. The van der Waals surface area contributed by atoms with E-state index in [4.69, 9.17) is 16.3 Å². The number of aromatic nitrogens is 1. The summed E-state index contributed by atoms with van der Waals surface area (Å²) in [6.45, 7) is 5.37. The van der Waals surface area contributed by atoms with Gasteiger partial charge in [-0.05, 0) is 50.8 Å². The van der Waals surface area contributed by atoms with E-state index in [1.54, 1.807) is 33.0 Å². The van der Waals surface area contributed by atoms with Crippen molar-refractivity contribution < 1.29 is 14.6 Å². The van der Waals surface area contributed by atoms with Crippen molar-refractivity contribution in [3.05, 3.63) is 28.5 Å². The maximum atomic E-state index is 11.9. The maximum absolute atomic E-state index is 11.9. The third-order valence-corrected chi connectivity index (χ3v) is 3.30. The first-order valence-electron chi connectivity index (χ1n) is 6.58. The number of pyridine rings is 1. The molecule has 0 bridgehead atoms. The molecule has 2 unspecified atom stereocenters. The van der Waals surface area contributed by atoms with Crippen LogP contribution >= 0.6 is 11.6 Å². The van der Waals surface area contributed by atoms with Crippen molar-refractivity contribution >= 4 is 17.7 Å². The van der Waals surface area contributed by atoms with Gasteiger partial charge < -0.3 is 15.2 Å². The van der Waals surface area contributed by atoms with E-state index in [-0.39, 0.29) is 0 Å². The normalized spacial score (nSPS) is 22.1. The molecule has 1 aliphatic carbocycles. The zero-order valence-electron chi connectivity index (χ0n) is 11.8. The summed E-state index contributed by atoms with van der Waals surface area (Å²) in [4.78, 5) is 15.9. The van der Waals surface area contributed by atoms with Gasteiger partial charge in [-0.25, -0.2) is 9.78 Å². The molecule has 0 saturated carbocycles. The standard InChI is InChI=1S/C14H19ClN2O3/c1-14(2,3)20-13(19)17-12-9-7-16-11(15)6-8(9)4-5-10(12)18/h6-7,10,12,18H,4-5H2,1-3H3,(H,17,19). The van der Waals surface area contributed by atoms with Gasteiger partial charge in [-0.2, -0.15) is 0 Å². The van der Waals surface area contributed by atoms with Crippen molar-refractivity contribution in [3.63, 3.8) is 0 Å². The van der Waals surface area contributed by atoms with Gasteiger partial charge in [0.05, 0.1) is 12.1 Å². The lowest BCUT2D eigenvalue weighted by Gasteiger charge is -2.31. The van der Waals surface area contributed by atoms with E-state index in [1.807, 2.05) is 0 Å². The largest absolute Gasteiger partial charge is 0.444 e. The molecular formula is C14H19ClN2O3. The van der Waals surface area contributed by atoms with E-state index in [1.165, 1.54) is 0 Å². The highest BCUT2D eigenvalue weighted by Gasteiger charge is 2.31. The number of fused-ring (bicyclic) bond motifs is 1. The van der Waals surface area contributed by atoms with E-state index in [0.29, 0.717) is 18.0 Å². The Morgan fingerprint density at radius 3 is 2.90 bits per heavy atom. The molecule has 2 N–H and O–H groups in total. The highest BCUT2D eigenvalue weighted by molar-refractivity contribution is 6.29. The van der Waals surface area contributed by atoms with Crippen LogP contribution in [0.4, 0.5) is 4.79 Å². The summed E-state index contributed by atoms with van der Waals surface area (Å²) >= 11 is 5.87. The molecule has 0 saturated heterocycles. The number of ether oxygens (including phenoxy) is 1. The van der Waals surface area contributed by atoms with Crippen molar-refractivity contribution in [1.29, 1.82) is 0 Å². The number of carbonyl (C=O) groups excluding carboxylic acids is 1. The average Bonchev–Trinajstić information content (AvgIpc) is 2.30. The van der Waals surface area contributed by atoms with Crippen LogP contribution in [0.2, 0.25) is 5.15 Å². The predicted octanol–water partition coefficient (Wildman–Crippen LogP) is 2.61. The summed E-state index contributed by atoms with van der Waals surface area (Å²) in [5, 5.41) is 13.2. The Labute approximate surface area is 123 Å². The van der Waals surface area contributed by atoms with Crippen LogP contribution in [0.3, 0.4) is 0 Å². The molecule has 1 aromatic rings. The summed E-state index contributed by atoms with van der Waals surface area (Å²) in [5.41, 5.74) is 1.21. The van der Waals surface area contributed by atoms with Gasteiger partial charge >= 0.3 is 6.09 Å². The van der Waals surface area contributed by atoms with Crippen LogP contribution in [0.5, 0.6) is 0 Å². The Hall–Kier alpha value is -1.33. The molecule has 20 heavy (non-hydrogen) atoms. The Morgan fingerprint density at radius 2 is 2.25 bits per heavy atom. The van der Waals surface area contributed by atoms with Gasteiger partial charge in [0.25, 0.3) is 0 Å². The molecule has 0 spiro atoms. The van der Waals surface area contributed by atoms with E-state index in [9.17, 15) is 9.90 Å². The zero-order chi connectivity index (χ0) is 14.9. The molecule has 1 heterocycles. The molecule has 0 fully saturated rings. The molecule has 2 atom stereocenters. The first kappa shape index (κ1) is 15.1. The molecule has 5 nitrogen and oxygen atoms in total. The fourth-order valence-corrected chi connectivity index (χ4v) is 2.44. The predicted molar refractivity (Wildman–Crippen MR) is 75.7 cm³/mol. The third kappa shape index (κ3) is 3.61. The Morgan fingerprint density at radius 1 is 1.55 bits per heavy atom. The smallest absolute Gasteiger partial charge is 0.408 e. The van der Waals surface area contributed by atoms with Gasteiger partial charge in [0.15, 0.2) is 0 Å². The van der Waals surface area contributed by atoms with E-state index < -0.39 is 23.8 Å². The second-order valence-electron chi connectivity index (χ2n) is 5.94. The minimum Gasteiger partial charge on any atom is -0.444 e. The third-order valence-electron chi connectivity index (χ3n) is 3.09. The van der Waals surface area contributed by atoms with Crippen molar-refractivity contribution in [2.45, 2.75) is 51.4 Å². The summed E-state index contributed by atoms with van der Waals surface area (Å²) in [6.07, 6.45) is 1.67. The van der Waals surface area contributed by atoms with Crippen molar-refractivity contribution in [2.75, 3.05) is 0 Å². The second kappa shape index (κ2) is 5.58. The molecule has 110 valence electrons. The van der Waals surface area contributed by atoms with E-state index in [2.05, 4.69) is 10.3 Å². The number of hydrogen-bond acceptors (Lipinski definition) is 4. The Kier molecular flexibility index (Phi) is 4.20. The molecule has 6 heteroatoms. The van der Waals surface area contributed by atoms with Crippen LogP contribution in [0, 0.1) is 0 Å². The lowest BCUT2D eigenvalue weighted by atomic mass is 9.87. The second-order valence-corrected chi connectivity index (χ2v) is 6.32. The van der Waals surface area contributed by atoms with E-state index >= 15 is 0 Å². The van der Waals surface area contributed by atoms with Gasteiger partial charge in [0, 0.05) is 6.20 Å². The number of aliphatic hydroxyl groups excluding tert-OH is 1. The number of alkyl carbamates (subject to hydrolysis) is 1. The van der Waals surface area contributed by atoms with Crippen LogP contribution in [-0.2, 0) is 11.2 Å². The monoisotopic (exact) mass is 298 g/mol. The number of aliphatic hydroxyl groups is 1. The topological polar surface area (TPSA) is 71.5 Å². The van der Waals surface area contributed by atoms with Crippen LogP contribution in [0.1, 0.15) is 44.4 Å². The number of aryl methyl sites for hydroxylation is 1. The SMILES string of the molecule is CC(C)(C)OC(=O)NC1c2cnc(Cl)cc2CCC1O. The maximum Gasteiger partial charge on any atom is 0.408 e. The Bertz CT molecular complexity index is 514.